The maximum atomic E-state index is 9.99. The first kappa shape index (κ1) is 16.9. The predicted octanol–water partition coefficient (Wildman–Crippen LogP) is 0.164. The highest BCUT2D eigenvalue weighted by atomic mass is 32.2. The zero-order valence-corrected chi connectivity index (χ0v) is 13.6. The quantitative estimate of drug-likeness (QED) is 0.658. The van der Waals surface area contributed by atoms with Crippen LogP contribution >= 0.6 is 11.8 Å². The van der Waals surface area contributed by atoms with E-state index in [1.165, 1.54) is 18.7 Å². The SMILES string of the molecule is CSCC(OCn1cnc2c(N)nc(C)nc21)C(O)C(C)O. The highest BCUT2D eigenvalue weighted by molar-refractivity contribution is 7.98. The molecular formula is C13H21N5O3S. The van der Waals surface area contributed by atoms with Crippen LogP contribution in [0.4, 0.5) is 5.82 Å². The Hall–Kier alpha value is -1.42. The summed E-state index contributed by atoms with van der Waals surface area (Å²) in [6, 6.07) is 0. The van der Waals surface area contributed by atoms with Gasteiger partial charge in [0.05, 0.1) is 18.5 Å². The van der Waals surface area contributed by atoms with E-state index in [2.05, 4.69) is 15.0 Å². The molecule has 2 aromatic heterocycles. The molecule has 0 amide bonds. The molecule has 0 bridgehead atoms. The number of nitrogen functional groups attached to an aromatic ring is 1. The first-order valence-corrected chi connectivity index (χ1v) is 8.25. The summed E-state index contributed by atoms with van der Waals surface area (Å²) in [5, 5.41) is 19.5. The third-order valence-electron chi connectivity index (χ3n) is 3.24. The molecule has 0 radical (unpaired) electrons. The summed E-state index contributed by atoms with van der Waals surface area (Å²) >= 11 is 1.53. The number of rotatable bonds is 7. The lowest BCUT2D eigenvalue weighted by Gasteiger charge is -2.24. The Morgan fingerprint density at radius 1 is 1.41 bits per heavy atom. The van der Waals surface area contributed by atoms with Crippen molar-refractivity contribution in [2.75, 3.05) is 17.7 Å². The van der Waals surface area contributed by atoms with E-state index < -0.39 is 18.3 Å². The van der Waals surface area contributed by atoms with Gasteiger partial charge in [0.15, 0.2) is 11.5 Å². The van der Waals surface area contributed by atoms with Crippen molar-refractivity contribution in [3.63, 3.8) is 0 Å². The fourth-order valence-electron chi connectivity index (χ4n) is 2.07. The van der Waals surface area contributed by atoms with E-state index >= 15 is 0 Å². The lowest BCUT2D eigenvalue weighted by molar-refractivity contribution is -0.0918. The summed E-state index contributed by atoms with van der Waals surface area (Å²) in [5.74, 6) is 1.44. The minimum absolute atomic E-state index is 0.154. The number of ether oxygens (including phenoxy) is 1. The van der Waals surface area contributed by atoms with Gasteiger partial charge in [-0.15, -0.1) is 0 Å². The Morgan fingerprint density at radius 2 is 2.14 bits per heavy atom. The zero-order valence-electron chi connectivity index (χ0n) is 12.8. The molecule has 3 unspecified atom stereocenters. The fraction of sp³-hybridized carbons (Fsp3) is 0.615. The van der Waals surface area contributed by atoms with Gasteiger partial charge in [-0.1, -0.05) is 0 Å². The molecule has 0 saturated heterocycles. The monoisotopic (exact) mass is 327 g/mol. The molecule has 3 atom stereocenters. The van der Waals surface area contributed by atoms with Gasteiger partial charge in [-0.05, 0) is 20.1 Å². The van der Waals surface area contributed by atoms with Crippen molar-refractivity contribution in [2.24, 2.45) is 0 Å². The van der Waals surface area contributed by atoms with Crippen LogP contribution in [-0.2, 0) is 11.5 Å². The molecule has 0 aliphatic carbocycles. The summed E-state index contributed by atoms with van der Waals surface area (Å²) in [6.07, 6.45) is 1.17. The van der Waals surface area contributed by atoms with Gasteiger partial charge in [-0.2, -0.15) is 11.8 Å². The second-order valence-corrected chi connectivity index (χ2v) is 5.97. The number of hydrogen-bond donors (Lipinski definition) is 3. The predicted molar refractivity (Wildman–Crippen MR) is 85.4 cm³/mol. The zero-order chi connectivity index (χ0) is 16.3. The van der Waals surface area contributed by atoms with E-state index in [1.807, 2.05) is 6.26 Å². The molecule has 0 saturated carbocycles. The molecule has 0 aliphatic rings. The topological polar surface area (TPSA) is 119 Å². The van der Waals surface area contributed by atoms with Gasteiger partial charge in [0.25, 0.3) is 0 Å². The molecule has 4 N–H and O–H groups in total. The van der Waals surface area contributed by atoms with Crippen LogP contribution in [0, 0.1) is 6.92 Å². The van der Waals surface area contributed by atoms with Crippen molar-refractivity contribution >= 4 is 28.7 Å². The number of imidazole rings is 1. The standard InChI is InChI=1S/C13H21N5O3S/c1-7(19)11(20)9(4-22-3)21-6-18-5-15-10-12(14)16-8(2)17-13(10)18/h5,7,9,11,19-20H,4,6H2,1-3H3,(H2,14,16,17). The minimum Gasteiger partial charge on any atom is -0.391 e. The molecule has 0 aromatic carbocycles. The van der Waals surface area contributed by atoms with E-state index in [1.54, 1.807) is 17.8 Å². The van der Waals surface area contributed by atoms with Crippen molar-refractivity contribution in [2.45, 2.75) is 38.9 Å². The fourth-order valence-corrected chi connectivity index (χ4v) is 2.69. The molecule has 2 aromatic rings. The number of aliphatic hydroxyl groups is 2. The molecule has 122 valence electrons. The third-order valence-corrected chi connectivity index (χ3v) is 3.90. The number of aromatic nitrogens is 4. The molecular weight excluding hydrogens is 306 g/mol. The smallest absolute Gasteiger partial charge is 0.167 e. The van der Waals surface area contributed by atoms with Crippen LogP contribution in [0.3, 0.4) is 0 Å². The number of thioether (sulfide) groups is 1. The van der Waals surface area contributed by atoms with Crippen molar-refractivity contribution < 1.29 is 14.9 Å². The van der Waals surface area contributed by atoms with Gasteiger partial charge < -0.3 is 20.7 Å². The summed E-state index contributed by atoms with van der Waals surface area (Å²) in [7, 11) is 0. The molecule has 0 aliphatic heterocycles. The van der Waals surface area contributed by atoms with Gasteiger partial charge in [0, 0.05) is 5.75 Å². The van der Waals surface area contributed by atoms with E-state index in [0.717, 1.165) is 0 Å². The maximum absolute atomic E-state index is 9.99. The van der Waals surface area contributed by atoms with Crippen molar-refractivity contribution in [1.82, 2.24) is 19.5 Å². The first-order chi connectivity index (χ1) is 10.4. The summed E-state index contributed by atoms with van der Waals surface area (Å²) in [4.78, 5) is 12.6. The summed E-state index contributed by atoms with van der Waals surface area (Å²) < 4.78 is 7.43. The Bertz CT molecular complexity index is 633. The van der Waals surface area contributed by atoms with Crippen LogP contribution < -0.4 is 5.73 Å². The molecule has 9 heteroatoms. The van der Waals surface area contributed by atoms with Crippen LogP contribution in [0.15, 0.2) is 6.33 Å². The van der Waals surface area contributed by atoms with Gasteiger partial charge >= 0.3 is 0 Å². The van der Waals surface area contributed by atoms with Gasteiger partial charge in [-0.3, -0.25) is 4.57 Å². The molecule has 0 fully saturated rings. The van der Waals surface area contributed by atoms with E-state index in [9.17, 15) is 10.2 Å². The van der Waals surface area contributed by atoms with Gasteiger partial charge in [0.2, 0.25) is 0 Å². The van der Waals surface area contributed by atoms with Gasteiger partial charge in [-0.25, -0.2) is 15.0 Å². The number of fused-ring (bicyclic) bond motifs is 1. The van der Waals surface area contributed by atoms with Crippen LogP contribution in [0.2, 0.25) is 0 Å². The first-order valence-electron chi connectivity index (χ1n) is 6.85. The van der Waals surface area contributed by atoms with Crippen LogP contribution in [-0.4, -0.2) is 60.1 Å². The lowest BCUT2D eigenvalue weighted by Crippen LogP contribution is -2.39. The maximum Gasteiger partial charge on any atom is 0.167 e. The highest BCUT2D eigenvalue weighted by Crippen LogP contribution is 2.17. The highest BCUT2D eigenvalue weighted by Gasteiger charge is 2.24. The normalized spacial score (nSPS) is 15.9. The average molecular weight is 327 g/mol. The van der Waals surface area contributed by atoms with Crippen LogP contribution in [0.1, 0.15) is 12.7 Å². The molecule has 2 heterocycles. The Balaban J connectivity index is 2.16. The molecule has 2 rings (SSSR count). The Labute approximate surface area is 132 Å². The van der Waals surface area contributed by atoms with Gasteiger partial charge in [0.1, 0.15) is 24.2 Å². The number of nitrogens with zero attached hydrogens (tertiary/aromatic N) is 4. The molecule has 0 spiro atoms. The number of aliphatic hydroxyl groups excluding tert-OH is 2. The largest absolute Gasteiger partial charge is 0.391 e. The van der Waals surface area contributed by atoms with E-state index in [-0.39, 0.29) is 6.73 Å². The van der Waals surface area contributed by atoms with Crippen LogP contribution in [0.5, 0.6) is 0 Å². The number of hydrogen-bond acceptors (Lipinski definition) is 8. The number of anilines is 1. The van der Waals surface area contributed by atoms with E-state index in [0.29, 0.717) is 28.6 Å². The van der Waals surface area contributed by atoms with E-state index in [4.69, 9.17) is 10.5 Å². The average Bonchev–Trinajstić information content (AvgIpc) is 2.85. The van der Waals surface area contributed by atoms with Crippen molar-refractivity contribution in [3.05, 3.63) is 12.2 Å². The van der Waals surface area contributed by atoms with Crippen LogP contribution in [0.25, 0.3) is 11.2 Å². The van der Waals surface area contributed by atoms with Crippen molar-refractivity contribution in [1.29, 1.82) is 0 Å². The lowest BCUT2D eigenvalue weighted by atomic mass is 10.1. The van der Waals surface area contributed by atoms with Crippen molar-refractivity contribution in [3.8, 4) is 0 Å². The second kappa shape index (κ2) is 7.23. The molecule has 22 heavy (non-hydrogen) atoms. The Morgan fingerprint density at radius 3 is 2.77 bits per heavy atom. The molecule has 8 nitrogen and oxygen atoms in total. The third kappa shape index (κ3) is 3.67. The summed E-state index contributed by atoms with van der Waals surface area (Å²) in [6.45, 7) is 3.44. The summed E-state index contributed by atoms with van der Waals surface area (Å²) in [5.41, 5.74) is 6.92. The number of aryl methyl sites for hydroxylation is 1. The second-order valence-electron chi connectivity index (χ2n) is 5.06. The number of nitrogens with two attached hydrogens (primary N) is 1. The Kier molecular flexibility index (Phi) is 5.57. The minimum atomic E-state index is -0.955.